The van der Waals surface area contributed by atoms with Gasteiger partial charge >= 0.3 is 0 Å². The summed E-state index contributed by atoms with van der Waals surface area (Å²) in [6.07, 6.45) is 4.18. The van der Waals surface area contributed by atoms with Gasteiger partial charge in [-0.15, -0.1) is 0 Å². The summed E-state index contributed by atoms with van der Waals surface area (Å²) in [6, 6.07) is 2.22. The van der Waals surface area contributed by atoms with Gasteiger partial charge in [-0.25, -0.2) is 0 Å². The van der Waals surface area contributed by atoms with Crippen LogP contribution in [-0.2, 0) is 9.47 Å². The third-order valence-electron chi connectivity index (χ3n) is 3.08. The zero-order chi connectivity index (χ0) is 11.6. The van der Waals surface area contributed by atoms with E-state index in [1.165, 1.54) is 0 Å². The minimum atomic E-state index is 0.267. The van der Waals surface area contributed by atoms with Crippen LogP contribution in [0.1, 0.15) is 25.7 Å². The monoisotopic (exact) mass is 226 g/mol. The second kappa shape index (κ2) is 8.51. The minimum absolute atomic E-state index is 0.267. The first-order valence-electron chi connectivity index (χ1n) is 6.12. The lowest BCUT2D eigenvalue weighted by atomic mass is 10.0. The van der Waals surface area contributed by atoms with E-state index in [1.807, 2.05) is 0 Å². The van der Waals surface area contributed by atoms with Crippen molar-refractivity contribution in [1.29, 1.82) is 5.26 Å². The molecule has 4 heteroatoms. The minimum Gasteiger partial charge on any atom is -0.381 e. The SMILES string of the molecule is N#CC1CCOCC1.NCC1CCOCC1. The van der Waals surface area contributed by atoms with E-state index in [9.17, 15) is 0 Å². The summed E-state index contributed by atoms with van der Waals surface area (Å²) in [7, 11) is 0. The molecule has 0 saturated carbocycles. The zero-order valence-corrected chi connectivity index (χ0v) is 9.86. The Kier molecular flexibility index (Phi) is 7.15. The van der Waals surface area contributed by atoms with Crippen LogP contribution in [0, 0.1) is 23.2 Å². The number of hydrogen-bond donors (Lipinski definition) is 1. The van der Waals surface area contributed by atoms with Crippen molar-refractivity contribution in [2.75, 3.05) is 33.0 Å². The Labute approximate surface area is 97.7 Å². The highest BCUT2D eigenvalue weighted by atomic mass is 16.5. The van der Waals surface area contributed by atoms with E-state index in [4.69, 9.17) is 20.5 Å². The molecule has 0 aromatic heterocycles. The molecule has 2 heterocycles. The first-order chi connectivity index (χ1) is 7.86. The van der Waals surface area contributed by atoms with Crippen molar-refractivity contribution in [3.05, 3.63) is 0 Å². The molecule has 0 aliphatic carbocycles. The predicted octanol–water partition coefficient (Wildman–Crippen LogP) is 1.31. The van der Waals surface area contributed by atoms with Crippen LogP contribution >= 0.6 is 0 Å². The van der Waals surface area contributed by atoms with Gasteiger partial charge in [-0.2, -0.15) is 5.26 Å². The van der Waals surface area contributed by atoms with Crippen molar-refractivity contribution in [3.63, 3.8) is 0 Å². The molecule has 0 aromatic rings. The highest BCUT2D eigenvalue weighted by molar-refractivity contribution is 4.83. The van der Waals surface area contributed by atoms with Gasteiger partial charge in [-0.3, -0.25) is 0 Å². The maximum atomic E-state index is 8.39. The maximum absolute atomic E-state index is 8.39. The maximum Gasteiger partial charge on any atom is 0.0657 e. The van der Waals surface area contributed by atoms with Crippen LogP contribution in [0.25, 0.3) is 0 Å². The van der Waals surface area contributed by atoms with Gasteiger partial charge in [0.25, 0.3) is 0 Å². The summed E-state index contributed by atoms with van der Waals surface area (Å²) in [6.45, 7) is 4.23. The van der Waals surface area contributed by atoms with Crippen molar-refractivity contribution in [2.24, 2.45) is 17.6 Å². The Morgan fingerprint density at radius 1 is 1.00 bits per heavy atom. The Morgan fingerprint density at radius 3 is 1.81 bits per heavy atom. The summed E-state index contributed by atoms with van der Waals surface area (Å²) in [5.74, 6) is 1.01. The first kappa shape index (κ1) is 13.4. The molecule has 2 N–H and O–H groups in total. The molecule has 0 amide bonds. The molecule has 0 atom stereocenters. The number of rotatable bonds is 1. The number of ether oxygens (including phenoxy) is 2. The fraction of sp³-hybridized carbons (Fsp3) is 0.917. The van der Waals surface area contributed by atoms with E-state index in [1.54, 1.807) is 0 Å². The van der Waals surface area contributed by atoms with Gasteiger partial charge in [0, 0.05) is 26.4 Å². The second-order valence-corrected chi connectivity index (χ2v) is 4.31. The standard InChI is InChI=1S/C6H13NO.C6H9NO/c2*7-5-6-1-3-8-4-2-6/h6H,1-5,7H2;6H,1-4H2. The predicted molar refractivity (Wildman–Crippen MR) is 61.8 cm³/mol. The van der Waals surface area contributed by atoms with Gasteiger partial charge in [-0.05, 0) is 38.1 Å². The molecular weight excluding hydrogens is 204 g/mol. The van der Waals surface area contributed by atoms with Crippen molar-refractivity contribution in [2.45, 2.75) is 25.7 Å². The van der Waals surface area contributed by atoms with E-state index >= 15 is 0 Å². The Balaban J connectivity index is 0.000000160. The van der Waals surface area contributed by atoms with E-state index in [0.29, 0.717) is 0 Å². The molecule has 0 radical (unpaired) electrons. The molecule has 2 aliphatic heterocycles. The van der Waals surface area contributed by atoms with Gasteiger partial charge in [0.1, 0.15) is 0 Å². The van der Waals surface area contributed by atoms with Crippen LogP contribution in [-0.4, -0.2) is 33.0 Å². The largest absolute Gasteiger partial charge is 0.381 e. The lowest BCUT2D eigenvalue weighted by Crippen LogP contribution is -2.22. The molecule has 2 rings (SSSR count). The molecule has 2 aliphatic rings. The Morgan fingerprint density at radius 2 is 1.50 bits per heavy atom. The van der Waals surface area contributed by atoms with E-state index in [0.717, 1.165) is 64.6 Å². The number of hydrogen-bond acceptors (Lipinski definition) is 4. The quantitative estimate of drug-likeness (QED) is 0.732. The van der Waals surface area contributed by atoms with Crippen LogP contribution in [0.3, 0.4) is 0 Å². The topological polar surface area (TPSA) is 68.3 Å². The molecule has 2 saturated heterocycles. The van der Waals surface area contributed by atoms with E-state index in [-0.39, 0.29) is 5.92 Å². The van der Waals surface area contributed by atoms with Crippen molar-refractivity contribution < 1.29 is 9.47 Å². The molecule has 0 aromatic carbocycles. The first-order valence-corrected chi connectivity index (χ1v) is 6.12. The van der Waals surface area contributed by atoms with Gasteiger partial charge in [0.15, 0.2) is 0 Å². The highest BCUT2D eigenvalue weighted by Gasteiger charge is 2.11. The Hall–Kier alpha value is -0.630. The fourth-order valence-corrected chi connectivity index (χ4v) is 1.81. The van der Waals surface area contributed by atoms with Crippen LogP contribution < -0.4 is 5.73 Å². The lowest BCUT2D eigenvalue weighted by molar-refractivity contribution is 0.0688. The summed E-state index contributed by atoms with van der Waals surface area (Å²) < 4.78 is 10.2. The average Bonchev–Trinajstić information content (AvgIpc) is 2.41. The van der Waals surface area contributed by atoms with E-state index < -0.39 is 0 Å². The van der Waals surface area contributed by atoms with Crippen LogP contribution in [0.2, 0.25) is 0 Å². The number of nitrogens with zero attached hydrogens (tertiary/aromatic N) is 1. The Bertz CT molecular complexity index is 204. The average molecular weight is 226 g/mol. The van der Waals surface area contributed by atoms with Gasteiger partial charge in [0.05, 0.1) is 12.0 Å². The molecule has 0 unspecified atom stereocenters. The molecule has 2 fully saturated rings. The summed E-state index contributed by atoms with van der Waals surface area (Å²) in [5.41, 5.74) is 5.45. The lowest BCUT2D eigenvalue weighted by Gasteiger charge is -2.19. The molecule has 0 spiro atoms. The smallest absolute Gasteiger partial charge is 0.0657 e. The zero-order valence-electron chi connectivity index (χ0n) is 9.86. The third kappa shape index (κ3) is 5.45. The van der Waals surface area contributed by atoms with Gasteiger partial charge in [-0.1, -0.05) is 0 Å². The van der Waals surface area contributed by atoms with Crippen molar-refractivity contribution >= 4 is 0 Å². The summed E-state index contributed by atoms with van der Waals surface area (Å²) in [5, 5.41) is 8.39. The van der Waals surface area contributed by atoms with Crippen LogP contribution in [0.4, 0.5) is 0 Å². The molecule has 4 nitrogen and oxygen atoms in total. The number of nitrogens with two attached hydrogens (primary N) is 1. The normalized spacial score (nSPS) is 23.0. The summed E-state index contributed by atoms with van der Waals surface area (Å²) in [4.78, 5) is 0. The van der Waals surface area contributed by atoms with Crippen molar-refractivity contribution in [3.8, 4) is 6.07 Å². The molecular formula is C12H22N2O2. The van der Waals surface area contributed by atoms with Gasteiger partial charge in [0.2, 0.25) is 0 Å². The molecule has 0 bridgehead atoms. The fourth-order valence-electron chi connectivity index (χ4n) is 1.81. The van der Waals surface area contributed by atoms with Gasteiger partial charge < -0.3 is 15.2 Å². The van der Waals surface area contributed by atoms with Crippen LogP contribution in [0.15, 0.2) is 0 Å². The van der Waals surface area contributed by atoms with Crippen LogP contribution in [0.5, 0.6) is 0 Å². The molecule has 16 heavy (non-hydrogen) atoms. The highest BCUT2D eigenvalue weighted by Crippen LogP contribution is 2.12. The summed E-state index contributed by atoms with van der Waals surface area (Å²) >= 11 is 0. The molecule has 92 valence electrons. The van der Waals surface area contributed by atoms with Crippen molar-refractivity contribution in [1.82, 2.24) is 0 Å². The third-order valence-corrected chi connectivity index (χ3v) is 3.08. The number of nitriles is 1. The van der Waals surface area contributed by atoms with E-state index in [2.05, 4.69) is 6.07 Å². The second-order valence-electron chi connectivity index (χ2n) is 4.31.